The van der Waals surface area contributed by atoms with Gasteiger partial charge in [-0.1, -0.05) is 25.1 Å². The molecule has 0 saturated heterocycles. The van der Waals surface area contributed by atoms with Crippen molar-refractivity contribution in [1.82, 2.24) is 25.4 Å². The fourth-order valence-electron chi connectivity index (χ4n) is 2.45. The van der Waals surface area contributed by atoms with E-state index < -0.39 is 6.04 Å². The summed E-state index contributed by atoms with van der Waals surface area (Å²) in [6.07, 6.45) is 5.31. The Balaban J connectivity index is 1.80. The molecule has 1 aromatic heterocycles. The average Bonchev–Trinajstić information content (AvgIpc) is 2.77. The molecule has 0 spiro atoms. The quantitative estimate of drug-likeness (QED) is 0.727. The third-order valence-corrected chi connectivity index (χ3v) is 4.69. The minimum Gasteiger partial charge on any atom is -0.354 e. The van der Waals surface area contributed by atoms with Gasteiger partial charge in [-0.05, 0) is 26.2 Å². The number of hydrogen-bond acceptors (Lipinski definition) is 5. The second kappa shape index (κ2) is 8.90. The molecule has 7 nitrogen and oxygen atoms in total. The van der Waals surface area contributed by atoms with Gasteiger partial charge in [0.2, 0.25) is 11.8 Å². The van der Waals surface area contributed by atoms with Crippen LogP contribution < -0.4 is 10.6 Å². The first-order chi connectivity index (χ1) is 11.1. The highest BCUT2D eigenvalue weighted by Crippen LogP contribution is 2.21. The largest absolute Gasteiger partial charge is 0.354 e. The fourth-order valence-corrected chi connectivity index (χ4v) is 3.24. The monoisotopic (exact) mass is 339 g/mol. The van der Waals surface area contributed by atoms with Gasteiger partial charge in [0.15, 0.2) is 5.16 Å². The lowest BCUT2D eigenvalue weighted by atomic mass is 10.2. The van der Waals surface area contributed by atoms with E-state index >= 15 is 0 Å². The van der Waals surface area contributed by atoms with Gasteiger partial charge in [0, 0.05) is 19.5 Å². The van der Waals surface area contributed by atoms with Crippen LogP contribution in [0.2, 0.25) is 0 Å². The number of aryl methyl sites for hydroxylation is 1. The highest BCUT2D eigenvalue weighted by Gasteiger charge is 2.18. The Hall–Kier alpha value is -1.57. The number of aromatic nitrogens is 3. The first-order valence-corrected chi connectivity index (χ1v) is 9.22. The molecule has 1 aromatic rings. The highest BCUT2D eigenvalue weighted by atomic mass is 32.2. The van der Waals surface area contributed by atoms with Crippen LogP contribution in [-0.2, 0) is 22.6 Å². The van der Waals surface area contributed by atoms with Gasteiger partial charge in [-0.25, -0.2) is 0 Å². The van der Waals surface area contributed by atoms with E-state index in [1.54, 1.807) is 6.92 Å². The Morgan fingerprint density at radius 1 is 1.30 bits per heavy atom. The fraction of sp³-hybridized carbons (Fsp3) is 0.733. The molecule has 1 aliphatic heterocycles. The maximum absolute atomic E-state index is 12.0. The molecular formula is C15H25N5O2S. The molecule has 2 rings (SSSR count). The van der Waals surface area contributed by atoms with Crippen LogP contribution in [0, 0.1) is 0 Å². The normalized spacial score (nSPS) is 15.4. The van der Waals surface area contributed by atoms with Crippen LogP contribution in [0.15, 0.2) is 5.16 Å². The number of hydrogen-bond donors (Lipinski definition) is 2. The number of amides is 2. The third kappa shape index (κ3) is 5.23. The Bertz CT molecular complexity index is 546. The van der Waals surface area contributed by atoms with Crippen LogP contribution in [0.3, 0.4) is 0 Å². The van der Waals surface area contributed by atoms with Crippen molar-refractivity contribution in [3.63, 3.8) is 0 Å². The van der Waals surface area contributed by atoms with Gasteiger partial charge >= 0.3 is 0 Å². The lowest BCUT2D eigenvalue weighted by Gasteiger charge is -2.13. The van der Waals surface area contributed by atoms with E-state index in [1.165, 1.54) is 18.2 Å². The lowest BCUT2D eigenvalue weighted by molar-refractivity contribution is -0.127. The van der Waals surface area contributed by atoms with Crippen molar-refractivity contribution in [2.75, 3.05) is 12.3 Å². The molecule has 0 fully saturated rings. The van der Waals surface area contributed by atoms with E-state index in [0.29, 0.717) is 6.54 Å². The Morgan fingerprint density at radius 3 is 2.91 bits per heavy atom. The van der Waals surface area contributed by atoms with Gasteiger partial charge < -0.3 is 15.2 Å². The number of thioether (sulfide) groups is 1. The molecule has 1 aliphatic rings. The number of carbonyl (C=O) groups is 2. The molecule has 0 radical (unpaired) electrons. The standard InChI is InChI=1S/C15H25N5O2S/c1-3-8-16-14(22)11(2)17-13(21)10-23-15-19-18-12-7-5-4-6-9-20(12)15/h11H,3-10H2,1-2H3,(H,16,22)(H,17,21)/t11-/m0/s1. The third-order valence-electron chi connectivity index (χ3n) is 3.73. The van der Waals surface area contributed by atoms with E-state index in [9.17, 15) is 9.59 Å². The maximum Gasteiger partial charge on any atom is 0.242 e. The molecule has 23 heavy (non-hydrogen) atoms. The van der Waals surface area contributed by atoms with Crippen LogP contribution in [-0.4, -0.2) is 44.9 Å². The van der Waals surface area contributed by atoms with E-state index in [4.69, 9.17) is 0 Å². The first-order valence-electron chi connectivity index (χ1n) is 8.23. The van der Waals surface area contributed by atoms with Gasteiger partial charge in [0.05, 0.1) is 5.75 Å². The molecule has 8 heteroatoms. The summed E-state index contributed by atoms with van der Waals surface area (Å²) in [5.74, 6) is 0.933. The van der Waals surface area contributed by atoms with Gasteiger partial charge in [0.25, 0.3) is 0 Å². The Labute approximate surface area is 141 Å². The summed E-state index contributed by atoms with van der Waals surface area (Å²) >= 11 is 1.38. The van der Waals surface area contributed by atoms with Crippen molar-refractivity contribution >= 4 is 23.6 Å². The van der Waals surface area contributed by atoms with E-state index in [2.05, 4.69) is 25.4 Å². The smallest absolute Gasteiger partial charge is 0.242 e. The summed E-state index contributed by atoms with van der Waals surface area (Å²) in [5.41, 5.74) is 0. The molecule has 0 aliphatic carbocycles. The number of rotatable bonds is 7. The minimum absolute atomic E-state index is 0.151. The summed E-state index contributed by atoms with van der Waals surface area (Å²) in [6, 6.07) is -0.523. The summed E-state index contributed by atoms with van der Waals surface area (Å²) in [4.78, 5) is 23.7. The second-order valence-corrected chi connectivity index (χ2v) is 6.67. The lowest BCUT2D eigenvalue weighted by Crippen LogP contribution is -2.45. The molecule has 0 aromatic carbocycles. The Morgan fingerprint density at radius 2 is 2.13 bits per heavy atom. The predicted octanol–water partition coefficient (Wildman–Crippen LogP) is 1.13. The van der Waals surface area contributed by atoms with Gasteiger partial charge in [-0.15, -0.1) is 10.2 Å². The molecule has 128 valence electrons. The van der Waals surface area contributed by atoms with E-state index in [1.807, 2.05) is 6.92 Å². The van der Waals surface area contributed by atoms with Gasteiger partial charge in [-0.2, -0.15) is 0 Å². The van der Waals surface area contributed by atoms with E-state index in [-0.39, 0.29) is 17.6 Å². The van der Waals surface area contributed by atoms with Crippen LogP contribution in [0.1, 0.15) is 45.4 Å². The van der Waals surface area contributed by atoms with Crippen molar-refractivity contribution in [3.05, 3.63) is 5.82 Å². The molecule has 0 unspecified atom stereocenters. The minimum atomic E-state index is -0.523. The number of nitrogens with one attached hydrogen (secondary N) is 2. The zero-order chi connectivity index (χ0) is 16.7. The number of fused-ring (bicyclic) bond motifs is 1. The van der Waals surface area contributed by atoms with Gasteiger partial charge in [0.1, 0.15) is 11.9 Å². The molecule has 0 saturated carbocycles. The molecule has 1 atom stereocenters. The first kappa shape index (κ1) is 17.8. The SMILES string of the molecule is CCCNC(=O)[C@H](C)NC(=O)CSc1nnc2n1CCCCC2. The molecule has 0 bridgehead atoms. The summed E-state index contributed by atoms with van der Waals surface area (Å²) in [5, 5.41) is 14.7. The molecule has 2 amide bonds. The maximum atomic E-state index is 12.0. The molecule has 2 N–H and O–H groups in total. The zero-order valence-corrected chi connectivity index (χ0v) is 14.6. The summed E-state index contributed by atoms with van der Waals surface area (Å²) in [7, 11) is 0. The van der Waals surface area contributed by atoms with Crippen molar-refractivity contribution in [1.29, 1.82) is 0 Å². The average molecular weight is 339 g/mol. The summed E-state index contributed by atoms with van der Waals surface area (Å²) in [6.45, 7) is 5.22. The van der Waals surface area contributed by atoms with Crippen molar-refractivity contribution in [2.24, 2.45) is 0 Å². The van der Waals surface area contributed by atoms with Crippen molar-refractivity contribution in [2.45, 2.75) is 63.7 Å². The van der Waals surface area contributed by atoms with Crippen LogP contribution >= 0.6 is 11.8 Å². The van der Waals surface area contributed by atoms with E-state index in [0.717, 1.165) is 43.2 Å². The molecular weight excluding hydrogens is 314 g/mol. The van der Waals surface area contributed by atoms with Crippen LogP contribution in [0.25, 0.3) is 0 Å². The van der Waals surface area contributed by atoms with Crippen molar-refractivity contribution < 1.29 is 9.59 Å². The van der Waals surface area contributed by atoms with Gasteiger partial charge in [-0.3, -0.25) is 9.59 Å². The Kier molecular flexibility index (Phi) is 6.88. The topological polar surface area (TPSA) is 88.9 Å². The van der Waals surface area contributed by atoms with Crippen LogP contribution in [0.5, 0.6) is 0 Å². The number of carbonyl (C=O) groups excluding carboxylic acids is 2. The second-order valence-electron chi connectivity index (χ2n) is 5.73. The highest BCUT2D eigenvalue weighted by molar-refractivity contribution is 7.99. The van der Waals surface area contributed by atoms with Crippen LogP contribution in [0.4, 0.5) is 0 Å². The predicted molar refractivity (Wildman–Crippen MR) is 89.2 cm³/mol. The number of nitrogens with zero attached hydrogens (tertiary/aromatic N) is 3. The van der Waals surface area contributed by atoms with Crippen molar-refractivity contribution in [3.8, 4) is 0 Å². The molecule has 2 heterocycles. The summed E-state index contributed by atoms with van der Waals surface area (Å²) < 4.78 is 2.11. The zero-order valence-electron chi connectivity index (χ0n) is 13.8.